The van der Waals surface area contributed by atoms with Crippen molar-refractivity contribution in [3.8, 4) is 5.75 Å². The second-order valence-corrected chi connectivity index (χ2v) is 5.79. The molecule has 1 heterocycles. The molecule has 0 amide bonds. The van der Waals surface area contributed by atoms with Gasteiger partial charge in [0.2, 0.25) is 0 Å². The van der Waals surface area contributed by atoms with Gasteiger partial charge in [0.25, 0.3) is 0 Å². The highest BCUT2D eigenvalue weighted by molar-refractivity contribution is 5.89. The van der Waals surface area contributed by atoms with Gasteiger partial charge in [-0.25, -0.2) is 9.59 Å². The molecule has 5 heteroatoms. The lowest BCUT2D eigenvalue weighted by atomic mass is 9.90. The average molecular weight is 302 g/mol. The standard InChI is InChI=1S/C17H18O5/c1-9-7-13(21-10(2)16(18)19)15-11-5-3-4-6-12(11)17(20)22-14(15)8-9/h7-8,10H,3-6H2,1-2H3,(H,18,19). The third kappa shape index (κ3) is 2.47. The van der Waals surface area contributed by atoms with Gasteiger partial charge in [-0.15, -0.1) is 0 Å². The van der Waals surface area contributed by atoms with Crippen LogP contribution in [0.3, 0.4) is 0 Å². The highest BCUT2D eigenvalue weighted by atomic mass is 16.5. The molecule has 0 radical (unpaired) electrons. The zero-order valence-electron chi connectivity index (χ0n) is 12.6. The van der Waals surface area contributed by atoms with Crippen molar-refractivity contribution in [1.29, 1.82) is 0 Å². The molecule has 1 aromatic carbocycles. The van der Waals surface area contributed by atoms with Crippen molar-refractivity contribution in [2.24, 2.45) is 0 Å². The van der Waals surface area contributed by atoms with E-state index in [1.807, 2.05) is 6.92 Å². The molecule has 0 spiro atoms. The molecular weight excluding hydrogens is 284 g/mol. The van der Waals surface area contributed by atoms with Crippen molar-refractivity contribution in [2.45, 2.75) is 45.6 Å². The van der Waals surface area contributed by atoms with Gasteiger partial charge in [0, 0.05) is 5.56 Å². The van der Waals surface area contributed by atoms with E-state index >= 15 is 0 Å². The summed E-state index contributed by atoms with van der Waals surface area (Å²) in [6.45, 7) is 3.35. The first-order valence-electron chi connectivity index (χ1n) is 7.46. The fourth-order valence-electron chi connectivity index (χ4n) is 3.00. The van der Waals surface area contributed by atoms with E-state index in [9.17, 15) is 9.59 Å². The lowest BCUT2D eigenvalue weighted by Crippen LogP contribution is -2.23. The largest absolute Gasteiger partial charge is 0.479 e. The molecular formula is C17H18O5. The molecule has 0 fully saturated rings. The number of carboxylic acid groups (broad SMARTS) is 1. The predicted molar refractivity (Wildman–Crippen MR) is 81.6 cm³/mol. The van der Waals surface area contributed by atoms with Crippen molar-refractivity contribution in [3.05, 3.63) is 39.2 Å². The highest BCUT2D eigenvalue weighted by Crippen LogP contribution is 2.35. The van der Waals surface area contributed by atoms with E-state index in [0.717, 1.165) is 35.8 Å². The number of hydrogen-bond donors (Lipinski definition) is 1. The lowest BCUT2D eigenvalue weighted by molar-refractivity contribution is -0.144. The number of carboxylic acids is 1. The molecule has 116 valence electrons. The van der Waals surface area contributed by atoms with Crippen LogP contribution in [0.2, 0.25) is 0 Å². The number of hydrogen-bond acceptors (Lipinski definition) is 4. The zero-order valence-corrected chi connectivity index (χ0v) is 12.6. The molecule has 2 aromatic rings. The van der Waals surface area contributed by atoms with Crippen LogP contribution >= 0.6 is 0 Å². The Morgan fingerprint density at radius 3 is 2.64 bits per heavy atom. The fraction of sp³-hybridized carbons (Fsp3) is 0.412. The molecule has 0 saturated carbocycles. The minimum Gasteiger partial charge on any atom is -0.479 e. The molecule has 1 atom stereocenters. The summed E-state index contributed by atoms with van der Waals surface area (Å²) in [5.74, 6) is -0.548. The van der Waals surface area contributed by atoms with E-state index in [4.69, 9.17) is 14.3 Å². The molecule has 1 unspecified atom stereocenters. The van der Waals surface area contributed by atoms with Crippen molar-refractivity contribution < 1.29 is 19.1 Å². The third-order valence-corrected chi connectivity index (χ3v) is 4.08. The Balaban J connectivity index is 2.26. The first-order valence-corrected chi connectivity index (χ1v) is 7.46. The Morgan fingerprint density at radius 1 is 1.27 bits per heavy atom. The SMILES string of the molecule is Cc1cc(OC(C)C(=O)O)c2c3c(c(=O)oc2c1)CCCC3. The second kappa shape index (κ2) is 5.48. The minimum absolute atomic E-state index is 0.287. The maximum atomic E-state index is 12.1. The van der Waals surface area contributed by atoms with E-state index in [1.54, 1.807) is 12.1 Å². The Labute approximate surface area is 127 Å². The van der Waals surface area contributed by atoms with Gasteiger partial charge >= 0.3 is 11.6 Å². The third-order valence-electron chi connectivity index (χ3n) is 4.08. The number of rotatable bonds is 3. The summed E-state index contributed by atoms with van der Waals surface area (Å²) < 4.78 is 11.1. The van der Waals surface area contributed by atoms with Crippen LogP contribution in [0.5, 0.6) is 5.75 Å². The Hall–Kier alpha value is -2.30. The number of aliphatic carboxylic acids is 1. The summed E-state index contributed by atoms with van der Waals surface area (Å²) in [5.41, 5.74) is 2.70. The van der Waals surface area contributed by atoms with Crippen LogP contribution in [0.4, 0.5) is 0 Å². The van der Waals surface area contributed by atoms with Crippen LogP contribution < -0.4 is 10.4 Å². The topological polar surface area (TPSA) is 76.7 Å². The molecule has 22 heavy (non-hydrogen) atoms. The van der Waals surface area contributed by atoms with Gasteiger partial charge in [-0.1, -0.05) is 0 Å². The summed E-state index contributed by atoms with van der Waals surface area (Å²) in [5, 5.41) is 9.81. The number of carbonyl (C=O) groups is 1. The summed E-state index contributed by atoms with van der Waals surface area (Å²) in [6, 6.07) is 3.60. The fourth-order valence-corrected chi connectivity index (χ4v) is 3.00. The molecule has 5 nitrogen and oxygen atoms in total. The molecule has 1 aliphatic rings. The van der Waals surface area contributed by atoms with E-state index in [0.29, 0.717) is 23.3 Å². The summed E-state index contributed by atoms with van der Waals surface area (Å²) in [6.07, 6.45) is 2.51. The van der Waals surface area contributed by atoms with Gasteiger partial charge < -0.3 is 14.3 Å². The maximum Gasteiger partial charge on any atom is 0.344 e. The van der Waals surface area contributed by atoms with Crippen LogP contribution in [0.1, 0.15) is 36.5 Å². The molecule has 0 saturated heterocycles. The van der Waals surface area contributed by atoms with Gasteiger partial charge in [0.1, 0.15) is 11.3 Å². The summed E-state index contributed by atoms with van der Waals surface area (Å²) in [7, 11) is 0. The number of fused-ring (bicyclic) bond motifs is 3. The van der Waals surface area contributed by atoms with Crippen molar-refractivity contribution in [2.75, 3.05) is 0 Å². The van der Waals surface area contributed by atoms with Crippen LogP contribution in [-0.2, 0) is 17.6 Å². The average Bonchev–Trinajstić information content (AvgIpc) is 2.46. The molecule has 3 rings (SSSR count). The van der Waals surface area contributed by atoms with E-state index in [2.05, 4.69) is 0 Å². The monoisotopic (exact) mass is 302 g/mol. The van der Waals surface area contributed by atoms with Gasteiger partial charge in [0.15, 0.2) is 6.10 Å². The van der Waals surface area contributed by atoms with E-state index in [1.165, 1.54) is 6.92 Å². The molecule has 0 aliphatic heterocycles. The van der Waals surface area contributed by atoms with E-state index in [-0.39, 0.29) is 5.63 Å². The van der Waals surface area contributed by atoms with Gasteiger partial charge in [-0.3, -0.25) is 0 Å². The first kappa shape index (κ1) is 14.6. The maximum absolute atomic E-state index is 12.1. The summed E-state index contributed by atoms with van der Waals surface area (Å²) in [4.78, 5) is 23.2. The van der Waals surface area contributed by atoms with Crippen LogP contribution in [0, 0.1) is 6.92 Å². The quantitative estimate of drug-likeness (QED) is 0.882. The van der Waals surface area contributed by atoms with Crippen LogP contribution in [-0.4, -0.2) is 17.2 Å². The molecule has 1 aliphatic carbocycles. The second-order valence-electron chi connectivity index (χ2n) is 5.79. The normalized spacial score (nSPS) is 15.4. The number of benzene rings is 1. The number of aryl methyl sites for hydroxylation is 2. The highest BCUT2D eigenvalue weighted by Gasteiger charge is 2.23. The van der Waals surface area contributed by atoms with Crippen LogP contribution in [0.15, 0.2) is 21.3 Å². The Morgan fingerprint density at radius 2 is 1.95 bits per heavy atom. The smallest absolute Gasteiger partial charge is 0.344 e. The van der Waals surface area contributed by atoms with Crippen molar-refractivity contribution >= 4 is 16.9 Å². The Bertz CT molecular complexity index is 803. The molecule has 0 bridgehead atoms. The lowest BCUT2D eigenvalue weighted by Gasteiger charge is -2.20. The first-order chi connectivity index (χ1) is 10.5. The van der Waals surface area contributed by atoms with Crippen LogP contribution in [0.25, 0.3) is 11.0 Å². The van der Waals surface area contributed by atoms with E-state index < -0.39 is 12.1 Å². The van der Waals surface area contributed by atoms with Gasteiger partial charge in [-0.2, -0.15) is 0 Å². The summed E-state index contributed by atoms with van der Waals surface area (Å²) >= 11 is 0. The molecule has 1 aromatic heterocycles. The predicted octanol–water partition coefficient (Wildman–Crippen LogP) is 2.83. The number of ether oxygens (including phenoxy) is 1. The van der Waals surface area contributed by atoms with Gasteiger partial charge in [-0.05, 0) is 62.8 Å². The molecule has 1 N–H and O–H groups in total. The van der Waals surface area contributed by atoms with Crippen molar-refractivity contribution in [3.63, 3.8) is 0 Å². The zero-order chi connectivity index (χ0) is 15.9. The minimum atomic E-state index is -1.03. The Kier molecular flexibility index (Phi) is 3.64. The van der Waals surface area contributed by atoms with Crippen molar-refractivity contribution in [1.82, 2.24) is 0 Å². The van der Waals surface area contributed by atoms with Gasteiger partial charge in [0.05, 0.1) is 5.39 Å².